The van der Waals surface area contributed by atoms with Crippen molar-refractivity contribution in [3.63, 3.8) is 0 Å². The zero-order valence-corrected chi connectivity index (χ0v) is 5.76. The van der Waals surface area contributed by atoms with Gasteiger partial charge in [0.25, 0.3) is 0 Å². The maximum atomic E-state index is 3.91. The van der Waals surface area contributed by atoms with Gasteiger partial charge in [-0.3, -0.25) is 4.99 Å². The summed E-state index contributed by atoms with van der Waals surface area (Å²) in [6, 6.07) is 0. The highest BCUT2D eigenvalue weighted by molar-refractivity contribution is 5.54. The van der Waals surface area contributed by atoms with Gasteiger partial charge < -0.3 is 0 Å². The van der Waals surface area contributed by atoms with Crippen molar-refractivity contribution in [2.24, 2.45) is 10.9 Å². The lowest BCUT2D eigenvalue weighted by molar-refractivity contribution is 0.829. The molecule has 0 amide bonds. The van der Waals surface area contributed by atoms with Crippen molar-refractivity contribution in [2.75, 3.05) is 0 Å². The lowest BCUT2D eigenvalue weighted by Crippen LogP contribution is -1.74. The average Bonchev–Trinajstić information content (AvgIpc) is 1.66. The predicted molar refractivity (Wildman–Crippen MR) is 38.1 cm³/mol. The highest BCUT2D eigenvalue weighted by atomic mass is 14.6. The second-order valence-corrected chi connectivity index (χ2v) is 1.99. The van der Waals surface area contributed by atoms with E-state index in [0.717, 1.165) is 0 Å². The van der Waals surface area contributed by atoms with Crippen LogP contribution in [0.1, 0.15) is 20.8 Å². The van der Waals surface area contributed by atoms with Crippen molar-refractivity contribution in [2.45, 2.75) is 20.8 Å². The van der Waals surface area contributed by atoms with E-state index in [-0.39, 0.29) is 0 Å². The van der Waals surface area contributed by atoms with Crippen LogP contribution in [-0.4, -0.2) is 6.21 Å². The van der Waals surface area contributed by atoms with E-state index in [0.29, 0.717) is 5.92 Å². The monoisotopic (exact) mass is 111 g/mol. The molecular weight excluding hydrogens is 98.1 g/mol. The highest BCUT2D eigenvalue weighted by Crippen LogP contribution is 1.91. The summed E-state index contributed by atoms with van der Waals surface area (Å²) >= 11 is 0. The quantitative estimate of drug-likeness (QED) is 0.484. The van der Waals surface area contributed by atoms with Crippen molar-refractivity contribution in [3.05, 3.63) is 12.3 Å². The van der Waals surface area contributed by atoms with Gasteiger partial charge >= 0.3 is 0 Å². The molecule has 0 saturated heterocycles. The molecular formula is C7H13N. The van der Waals surface area contributed by atoms with Gasteiger partial charge in [0.05, 0.1) is 0 Å². The molecule has 0 aromatic heterocycles. The third kappa shape index (κ3) is 5.41. The predicted octanol–water partition coefficient (Wildman–Crippen LogP) is 2.25. The van der Waals surface area contributed by atoms with Gasteiger partial charge in [-0.1, -0.05) is 19.9 Å². The molecule has 0 atom stereocenters. The first-order valence-electron chi connectivity index (χ1n) is 2.92. The molecule has 0 aliphatic carbocycles. The van der Waals surface area contributed by atoms with E-state index in [2.05, 4.69) is 24.9 Å². The molecule has 0 N–H and O–H groups in total. The first-order valence-corrected chi connectivity index (χ1v) is 2.92. The summed E-state index contributed by atoms with van der Waals surface area (Å²) in [6.07, 6.45) is 5.66. The third-order valence-corrected chi connectivity index (χ3v) is 0.706. The summed E-state index contributed by atoms with van der Waals surface area (Å²) in [5.74, 6) is 0.610. The number of nitrogens with zero attached hydrogens (tertiary/aromatic N) is 1. The summed E-state index contributed by atoms with van der Waals surface area (Å²) in [4.78, 5) is 3.91. The molecule has 0 heterocycles. The summed E-state index contributed by atoms with van der Waals surface area (Å²) < 4.78 is 0. The maximum Gasteiger partial charge on any atom is 0.0226 e. The fraction of sp³-hybridized carbons (Fsp3) is 0.571. The van der Waals surface area contributed by atoms with Crippen molar-refractivity contribution < 1.29 is 0 Å². The fourth-order valence-electron chi connectivity index (χ4n) is 0.308. The first kappa shape index (κ1) is 7.41. The second-order valence-electron chi connectivity index (χ2n) is 1.99. The molecule has 0 saturated carbocycles. The van der Waals surface area contributed by atoms with E-state index >= 15 is 0 Å². The molecule has 46 valence electrons. The topological polar surface area (TPSA) is 12.4 Å². The Morgan fingerprint density at radius 2 is 2.00 bits per heavy atom. The van der Waals surface area contributed by atoms with Gasteiger partial charge in [0, 0.05) is 12.4 Å². The molecule has 0 aromatic rings. The number of rotatable bonds is 2. The van der Waals surface area contributed by atoms with Crippen LogP contribution in [0.25, 0.3) is 0 Å². The molecule has 8 heavy (non-hydrogen) atoms. The summed E-state index contributed by atoms with van der Waals surface area (Å²) in [6.45, 7) is 6.16. The van der Waals surface area contributed by atoms with E-state index in [1.165, 1.54) is 0 Å². The van der Waals surface area contributed by atoms with E-state index in [1.807, 2.05) is 13.1 Å². The zero-order chi connectivity index (χ0) is 6.41. The fourth-order valence-corrected chi connectivity index (χ4v) is 0.308. The Morgan fingerprint density at radius 3 is 2.38 bits per heavy atom. The third-order valence-electron chi connectivity index (χ3n) is 0.706. The lowest BCUT2D eigenvalue weighted by Gasteiger charge is -1.87. The van der Waals surface area contributed by atoms with E-state index in [1.54, 1.807) is 6.21 Å². The number of allylic oxidation sites excluding steroid dienone is 1. The van der Waals surface area contributed by atoms with Crippen LogP contribution < -0.4 is 0 Å². The van der Waals surface area contributed by atoms with Gasteiger partial charge in [-0.2, -0.15) is 0 Å². The zero-order valence-electron chi connectivity index (χ0n) is 5.76. The number of aliphatic imine (C=N–C) groups is 1. The SMILES string of the molecule is CC=N/C=C\C(C)C. The van der Waals surface area contributed by atoms with Crippen molar-refractivity contribution in [1.82, 2.24) is 0 Å². The second kappa shape index (κ2) is 4.57. The van der Waals surface area contributed by atoms with E-state index in [9.17, 15) is 0 Å². The molecule has 0 fully saturated rings. The molecule has 0 radical (unpaired) electrons. The Labute approximate surface area is 51.1 Å². The van der Waals surface area contributed by atoms with Crippen LogP contribution in [0.2, 0.25) is 0 Å². The molecule has 0 unspecified atom stereocenters. The Kier molecular flexibility index (Phi) is 4.23. The van der Waals surface area contributed by atoms with Crippen molar-refractivity contribution in [3.8, 4) is 0 Å². The number of hydrogen-bond donors (Lipinski definition) is 0. The van der Waals surface area contributed by atoms with Crippen molar-refractivity contribution >= 4 is 6.21 Å². The maximum absolute atomic E-state index is 3.91. The van der Waals surface area contributed by atoms with Crippen molar-refractivity contribution in [1.29, 1.82) is 0 Å². The van der Waals surface area contributed by atoms with Crippen LogP contribution in [0.5, 0.6) is 0 Å². The molecule has 0 aliphatic rings. The lowest BCUT2D eigenvalue weighted by atomic mass is 10.2. The Morgan fingerprint density at radius 1 is 1.38 bits per heavy atom. The highest BCUT2D eigenvalue weighted by Gasteiger charge is 1.78. The Hall–Kier alpha value is -0.590. The van der Waals surface area contributed by atoms with Crippen LogP contribution in [0, 0.1) is 5.92 Å². The average molecular weight is 111 g/mol. The van der Waals surface area contributed by atoms with Gasteiger partial charge in [-0.05, 0) is 12.8 Å². The Bertz CT molecular complexity index is 90.6. The van der Waals surface area contributed by atoms with E-state index in [4.69, 9.17) is 0 Å². The van der Waals surface area contributed by atoms with Gasteiger partial charge in [-0.25, -0.2) is 0 Å². The van der Waals surface area contributed by atoms with Crippen LogP contribution >= 0.6 is 0 Å². The van der Waals surface area contributed by atoms with E-state index < -0.39 is 0 Å². The van der Waals surface area contributed by atoms with Crippen LogP contribution in [0.4, 0.5) is 0 Å². The molecule has 1 nitrogen and oxygen atoms in total. The summed E-state index contributed by atoms with van der Waals surface area (Å²) in [7, 11) is 0. The standard InChI is InChI=1S/C7H13N/c1-4-8-6-5-7(2)3/h4-7H,1-3H3/b6-5-,8-4?. The molecule has 0 spiro atoms. The van der Waals surface area contributed by atoms with Gasteiger partial charge in [0.2, 0.25) is 0 Å². The number of hydrogen-bond acceptors (Lipinski definition) is 1. The molecule has 0 aromatic carbocycles. The molecule has 0 aliphatic heterocycles. The van der Waals surface area contributed by atoms with Crippen LogP contribution in [-0.2, 0) is 0 Å². The minimum absolute atomic E-state index is 0.610. The smallest absolute Gasteiger partial charge is 0.0226 e. The van der Waals surface area contributed by atoms with Crippen LogP contribution in [0.15, 0.2) is 17.3 Å². The minimum atomic E-state index is 0.610. The first-order chi connectivity index (χ1) is 3.77. The molecule has 0 rings (SSSR count). The van der Waals surface area contributed by atoms with Gasteiger partial charge in [0.15, 0.2) is 0 Å². The largest absolute Gasteiger partial charge is 0.270 e. The minimum Gasteiger partial charge on any atom is -0.270 e. The summed E-state index contributed by atoms with van der Waals surface area (Å²) in [5, 5.41) is 0. The Balaban J connectivity index is 3.34. The van der Waals surface area contributed by atoms with Gasteiger partial charge in [0.1, 0.15) is 0 Å². The van der Waals surface area contributed by atoms with Crippen LogP contribution in [0.3, 0.4) is 0 Å². The van der Waals surface area contributed by atoms with Gasteiger partial charge in [-0.15, -0.1) is 0 Å². The summed E-state index contributed by atoms with van der Waals surface area (Å²) in [5.41, 5.74) is 0. The normalized spacial score (nSPS) is 12.5. The molecule has 1 heteroatoms. The molecule has 0 bridgehead atoms.